The zero-order valence-electron chi connectivity index (χ0n) is 18.3. The highest BCUT2D eigenvalue weighted by Crippen LogP contribution is 2.49. The van der Waals surface area contributed by atoms with Gasteiger partial charge in [0.25, 0.3) is 0 Å². The molecule has 156 valence electrons. The van der Waals surface area contributed by atoms with E-state index in [4.69, 9.17) is 0 Å². The molecule has 3 aliphatic rings. The van der Waals surface area contributed by atoms with Crippen molar-refractivity contribution in [3.8, 4) is 0 Å². The molecule has 1 heteroatoms. The van der Waals surface area contributed by atoms with Crippen LogP contribution in [0.3, 0.4) is 0 Å². The summed E-state index contributed by atoms with van der Waals surface area (Å²) in [6.45, 7) is 4.60. The highest BCUT2D eigenvalue weighted by Gasteiger charge is 2.37. The second-order valence-electron chi connectivity index (χ2n) is 10.4. The van der Waals surface area contributed by atoms with Crippen molar-refractivity contribution in [3.63, 3.8) is 0 Å². The maximum atomic E-state index is 15.5. The Balaban J connectivity index is 1.42. The maximum absolute atomic E-state index is 15.5. The van der Waals surface area contributed by atoms with E-state index in [1.807, 2.05) is 0 Å². The van der Waals surface area contributed by atoms with Gasteiger partial charge in [-0.1, -0.05) is 64.5 Å². The molecule has 5 atom stereocenters. The summed E-state index contributed by atoms with van der Waals surface area (Å²) in [5.41, 5.74) is 3.47. The molecule has 0 N–H and O–H groups in total. The highest BCUT2D eigenvalue weighted by molar-refractivity contribution is 5.38. The molecule has 0 nitrogen and oxygen atoms in total. The van der Waals surface area contributed by atoms with E-state index in [0.29, 0.717) is 5.92 Å². The van der Waals surface area contributed by atoms with E-state index < -0.39 is 0 Å². The van der Waals surface area contributed by atoms with Gasteiger partial charge < -0.3 is 0 Å². The number of halogens is 1. The molecule has 28 heavy (non-hydrogen) atoms. The van der Waals surface area contributed by atoms with Gasteiger partial charge in [-0.05, 0) is 97.6 Å². The summed E-state index contributed by atoms with van der Waals surface area (Å²) in [5.74, 6) is 4.22. The zero-order valence-corrected chi connectivity index (χ0v) is 18.3. The van der Waals surface area contributed by atoms with E-state index >= 15 is 4.39 Å². The van der Waals surface area contributed by atoms with Gasteiger partial charge in [0.2, 0.25) is 0 Å². The molecular formula is C27H41F. The standard InChI is InChI=1S/C27H41F/c1-3-5-7-20-9-14-25-23(17-20)13-15-26(27(25)28)24-12-11-21-16-19(6-4-2)8-10-22(21)18-24/h13,15,19-22,24H,3-12,14,16-18H2,1-2H3. The van der Waals surface area contributed by atoms with Crippen LogP contribution in [0, 0.1) is 29.5 Å². The molecule has 2 fully saturated rings. The number of hydrogen-bond acceptors (Lipinski definition) is 0. The van der Waals surface area contributed by atoms with Crippen LogP contribution < -0.4 is 0 Å². The third-order valence-corrected chi connectivity index (χ3v) is 8.51. The molecule has 3 aliphatic carbocycles. The largest absolute Gasteiger partial charge is 0.206 e. The number of benzene rings is 1. The Morgan fingerprint density at radius 3 is 2.50 bits per heavy atom. The molecule has 5 unspecified atom stereocenters. The molecule has 0 radical (unpaired) electrons. The van der Waals surface area contributed by atoms with Gasteiger partial charge in [0.1, 0.15) is 5.82 Å². The summed E-state index contributed by atoms with van der Waals surface area (Å²) in [6, 6.07) is 4.49. The lowest BCUT2D eigenvalue weighted by molar-refractivity contribution is 0.113. The maximum Gasteiger partial charge on any atom is 0.130 e. The molecule has 0 aromatic heterocycles. The molecule has 1 aromatic rings. The molecule has 0 saturated heterocycles. The first-order chi connectivity index (χ1) is 13.7. The van der Waals surface area contributed by atoms with Crippen LogP contribution >= 0.6 is 0 Å². The molecule has 0 heterocycles. The minimum absolute atomic E-state index is 0.189. The van der Waals surface area contributed by atoms with Crippen molar-refractivity contribution in [3.05, 3.63) is 34.6 Å². The van der Waals surface area contributed by atoms with Crippen molar-refractivity contribution in [2.24, 2.45) is 23.7 Å². The molecule has 0 bridgehead atoms. The van der Waals surface area contributed by atoms with Gasteiger partial charge in [-0.15, -0.1) is 0 Å². The lowest BCUT2D eigenvalue weighted by Crippen LogP contribution is -2.31. The highest BCUT2D eigenvalue weighted by atomic mass is 19.1. The van der Waals surface area contributed by atoms with Crippen molar-refractivity contribution in [2.75, 3.05) is 0 Å². The van der Waals surface area contributed by atoms with Gasteiger partial charge in [0, 0.05) is 0 Å². The summed E-state index contributed by atoms with van der Waals surface area (Å²) in [5, 5.41) is 0. The van der Waals surface area contributed by atoms with Crippen molar-refractivity contribution >= 4 is 0 Å². The Morgan fingerprint density at radius 1 is 0.857 bits per heavy atom. The minimum Gasteiger partial charge on any atom is -0.206 e. The summed E-state index contributed by atoms with van der Waals surface area (Å²) in [6.07, 6.45) is 18.0. The van der Waals surface area contributed by atoms with Gasteiger partial charge >= 0.3 is 0 Å². The first-order valence-electron chi connectivity index (χ1n) is 12.5. The molecule has 0 spiro atoms. The van der Waals surface area contributed by atoms with Crippen LogP contribution in [0.15, 0.2) is 12.1 Å². The van der Waals surface area contributed by atoms with E-state index in [1.54, 1.807) is 0 Å². The molecular weight excluding hydrogens is 343 g/mol. The number of hydrogen-bond donors (Lipinski definition) is 0. The second kappa shape index (κ2) is 9.31. The van der Waals surface area contributed by atoms with Gasteiger partial charge in [0.15, 0.2) is 0 Å². The predicted octanol–water partition coefficient (Wildman–Crippen LogP) is 8.22. The topological polar surface area (TPSA) is 0 Å². The zero-order chi connectivity index (χ0) is 19.5. The lowest BCUT2D eigenvalue weighted by Gasteiger charge is -2.42. The monoisotopic (exact) mass is 384 g/mol. The lowest BCUT2D eigenvalue weighted by atomic mass is 9.63. The van der Waals surface area contributed by atoms with Crippen molar-refractivity contribution in [1.29, 1.82) is 0 Å². The Morgan fingerprint density at radius 2 is 1.68 bits per heavy atom. The van der Waals surface area contributed by atoms with Crippen molar-refractivity contribution in [1.82, 2.24) is 0 Å². The van der Waals surface area contributed by atoms with Crippen LogP contribution in [-0.4, -0.2) is 0 Å². The fraction of sp³-hybridized carbons (Fsp3) is 0.778. The average molecular weight is 385 g/mol. The van der Waals surface area contributed by atoms with Gasteiger partial charge in [-0.25, -0.2) is 4.39 Å². The Kier molecular flexibility index (Phi) is 6.79. The smallest absolute Gasteiger partial charge is 0.130 e. The Hall–Kier alpha value is -0.850. The quantitative estimate of drug-likeness (QED) is 0.463. The van der Waals surface area contributed by atoms with Crippen molar-refractivity contribution < 1.29 is 4.39 Å². The Bertz CT molecular complexity index is 648. The minimum atomic E-state index is 0.189. The first-order valence-corrected chi connectivity index (χ1v) is 12.5. The third kappa shape index (κ3) is 4.34. The normalized spacial score (nSPS) is 32.6. The van der Waals surface area contributed by atoms with E-state index in [-0.39, 0.29) is 5.82 Å². The molecule has 0 aliphatic heterocycles. The average Bonchev–Trinajstić information content (AvgIpc) is 2.72. The van der Waals surface area contributed by atoms with Gasteiger partial charge in [0.05, 0.1) is 0 Å². The summed E-state index contributed by atoms with van der Waals surface area (Å²) >= 11 is 0. The fourth-order valence-corrected chi connectivity index (χ4v) is 6.90. The van der Waals surface area contributed by atoms with Crippen LogP contribution in [0.25, 0.3) is 0 Å². The van der Waals surface area contributed by atoms with E-state index in [2.05, 4.69) is 26.0 Å². The van der Waals surface area contributed by atoms with Gasteiger partial charge in [-0.2, -0.15) is 0 Å². The summed E-state index contributed by atoms with van der Waals surface area (Å²) < 4.78 is 15.5. The van der Waals surface area contributed by atoms with E-state index in [1.165, 1.54) is 82.6 Å². The van der Waals surface area contributed by atoms with Gasteiger partial charge in [-0.3, -0.25) is 0 Å². The predicted molar refractivity (Wildman–Crippen MR) is 117 cm³/mol. The van der Waals surface area contributed by atoms with E-state index in [0.717, 1.165) is 47.6 Å². The van der Waals surface area contributed by atoms with E-state index in [9.17, 15) is 0 Å². The third-order valence-electron chi connectivity index (χ3n) is 8.51. The SMILES string of the molecule is CCCCC1CCc2c(ccc(C3CCC4CC(CCC)CCC4C3)c2F)C1. The first kappa shape index (κ1) is 20.4. The molecule has 0 amide bonds. The number of fused-ring (bicyclic) bond motifs is 2. The molecule has 4 rings (SSSR count). The van der Waals surface area contributed by atoms with Crippen LogP contribution in [0.5, 0.6) is 0 Å². The van der Waals surface area contributed by atoms with Crippen LogP contribution in [0.1, 0.15) is 114 Å². The summed E-state index contributed by atoms with van der Waals surface area (Å²) in [7, 11) is 0. The number of rotatable bonds is 6. The molecule has 2 saturated carbocycles. The van der Waals surface area contributed by atoms with Crippen molar-refractivity contribution in [2.45, 2.75) is 110 Å². The van der Waals surface area contributed by atoms with Crippen LogP contribution in [-0.2, 0) is 12.8 Å². The second-order valence-corrected chi connectivity index (χ2v) is 10.4. The van der Waals surface area contributed by atoms with Crippen LogP contribution in [0.4, 0.5) is 4.39 Å². The number of unbranched alkanes of at least 4 members (excludes halogenated alkanes) is 1. The Labute approximate surface area is 172 Å². The van der Waals surface area contributed by atoms with Crippen LogP contribution in [0.2, 0.25) is 0 Å². The summed E-state index contributed by atoms with van der Waals surface area (Å²) in [4.78, 5) is 0. The fourth-order valence-electron chi connectivity index (χ4n) is 6.90. The molecule has 1 aromatic carbocycles.